The maximum absolute atomic E-state index is 12.2. The molecule has 0 amide bonds. The van der Waals surface area contributed by atoms with Gasteiger partial charge in [0.25, 0.3) is 0 Å². The van der Waals surface area contributed by atoms with E-state index < -0.39 is 7.60 Å². The van der Waals surface area contributed by atoms with Crippen molar-refractivity contribution in [3.05, 3.63) is 23.7 Å². The highest BCUT2D eigenvalue weighted by atomic mass is 79.9. The van der Waals surface area contributed by atoms with Gasteiger partial charge >= 0.3 is 7.60 Å². The Morgan fingerprint density at radius 3 is 2.50 bits per heavy atom. The summed E-state index contributed by atoms with van der Waals surface area (Å²) in [5.74, 6) is 0.331. The molecule has 0 aromatic carbocycles. The molecule has 0 fully saturated rings. The summed E-state index contributed by atoms with van der Waals surface area (Å²) >= 11 is 3.08. The Balaban J connectivity index is 2.78. The Kier molecular flexibility index (Phi) is 6.29. The van der Waals surface area contributed by atoms with E-state index in [2.05, 4.69) is 15.9 Å². The maximum Gasteiger partial charge on any atom is 0.338 e. The van der Waals surface area contributed by atoms with Crippen LogP contribution in [0.3, 0.4) is 0 Å². The molecule has 102 valence electrons. The molecule has 5 nitrogen and oxygen atoms in total. The highest BCUT2D eigenvalue weighted by molar-refractivity contribution is 9.09. The van der Waals surface area contributed by atoms with E-state index >= 15 is 0 Å². The first-order valence-electron chi connectivity index (χ1n) is 5.59. The molecule has 0 bridgehead atoms. The van der Waals surface area contributed by atoms with Crippen LogP contribution in [0.2, 0.25) is 0 Å². The van der Waals surface area contributed by atoms with Gasteiger partial charge in [0, 0.05) is 0 Å². The largest absolute Gasteiger partial charge is 0.468 e. The number of halogens is 1. The highest BCUT2D eigenvalue weighted by Gasteiger charge is 2.26. The number of carbonyl (C=O) groups is 1. The normalized spacial score (nSPS) is 11.7. The molecule has 1 aromatic heterocycles. The van der Waals surface area contributed by atoms with E-state index in [1.165, 1.54) is 6.26 Å². The zero-order valence-electron chi connectivity index (χ0n) is 10.3. The summed E-state index contributed by atoms with van der Waals surface area (Å²) in [6.45, 7) is 4.08. The summed E-state index contributed by atoms with van der Waals surface area (Å²) in [4.78, 5) is 11.4. The minimum Gasteiger partial charge on any atom is -0.468 e. The van der Waals surface area contributed by atoms with E-state index in [0.717, 1.165) is 0 Å². The van der Waals surface area contributed by atoms with Gasteiger partial charge in [-0.1, -0.05) is 15.9 Å². The van der Waals surface area contributed by atoms with Crippen LogP contribution in [0.1, 0.15) is 30.0 Å². The fourth-order valence-electron chi connectivity index (χ4n) is 1.40. The van der Waals surface area contributed by atoms with Gasteiger partial charge < -0.3 is 13.5 Å². The SMILES string of the molecule is CCOP(=O)(Cc1cc(C(=O)CBr)co1)OCC. The summed E-state index contributed by atoms with van der Waals surface area (Å²) in [5, 5.41) is 0.223. The second kappa shape index (κ2) is 7.24. The Bertz CT molecular complexity index is 432. The van der Waals surface area contributed by atoms with Crippen molar-refractivity contribution < 1.29 is 22.8 Å². The lowest BCUT2D eigenvalue weighted by atomic mass is 10.2. The van der Waals surface area contributed by atoms with Gasteiger partial charge in [-0.2, -0.15) is 0 Å². The average Bonchev–Trinajstić information content (AvgIpc) is 2.76. The Labute approximate surface area is 114 Å². The van der Waals surface area contributed by atoms with Crippen molar-refractivity contribution in [3.63, 3.8) is 0 Å². The Morgan fingerprint density at radius 2 is 2.00 bits per heavy atom. The first-order valence-corrected chi connectivity index (χ1v) is 8.44. The van der Waals surface area contributed by atoms with Gasteiger partial charge in [0.05, 0.1) is 24.1 Å². The van der Waals surface area contributed by atoms with Gasteiger partial charge in [0.15, 0.2) is 5.78 Å². The molecular formula is C11H16BrO5P. The summed E-state index contributed by atoms with van der Waals surface area (Å²) in [7, 11) is -3.18. The molecule has 0 spiro atoms. The van der Waals surface area contributed by atoms with Crippen LogP contribution in [0.4, 0.5) is 0 Å². The Morgan fingerprint density at radius 1 is 1.39 bits per heavy atom. The van der Waals surface area contributed by atoms with Crippen LogP contribution in [-0.4, -0.2) is 24.3 Å². The molecule has 0 saturated carbocycles. The zero-order valence-corrected chi connectivity index (χ0v) is 12.8. The predicted octanol–water partition coefficient (Wildman–Crippen LogP) is 3.62. The van der Waals surface area contributed by atoms with Crippen LogP contribution in [0, 0.1) is 0 Å². The number of rotatable bonds is 8. The molecule has 1 heterocycles. The van der Waals surface area contributed by atoms with Crippen molar-refractivity contribution in [2.24, 2.45) is 0 Å². The van der Waals surface area contributed by atoms with E-state index in [4.69, 9.17) is 13.5 Å². The lowest BCUT2D eigenvalue weighted by Crippen LogP contribution is -1.99. The fraction of sp³-hybridized carbons (Fsp3) is 0.545. The van der Waals surface area contributed by atoms with Gasteiger partial charge in [0.2, 0.25) is 0 Å². The molecule has 0 aliphatic carbocycles. The van der Waals surface area contributed by atoms with Crippen LogP contribution in [0.15, 0.2) is 16.7 Å². The minimum atomic E-state index is -3.18. The standard InChI is InChI=1S/C11H16BrO5P/c1-3-16-18(14,17-4-2)8-10-5-9(7-15-10)11(13)6-12/h5,7H,3-4,6,8H2,1-2H3. The van der Waals surface area contributed by atoms with Crippen LogP contribution in [-0.2, 0) is 19.8 Å². The highest BCUT2D eigenvalue weighted by Crippen LogP contribution is 2.51. The lowest BCUT2D eigenvalue weighted by Gasteiger charge is -2.15. The molecule has 0 saturated heterocycles. The van der Waals surface area contributed by atoms with E-state index in [0.29, 0.717) is 24.5 Å². The van der Waals surface area contributed by atoms with E-state index in [-0.39, 0.29) is 17.3 Å². The summed E-state index contributed by atoms with van der Waals surface area (Å²) in [5.41, 5.74) is 0.446. The quantitative estimate of drug-likeness (QED) is 0.411. The van der Waals surface area contributed by atoms with Crippen LogP contribution < -0.4 is 0 Å². The fourth-order valence-corrected chi connectivity index (χ4v) is 3.31. The number of Topliss-reactive ketones (excluding diaryl/α,β-unsaturated/α-hetero) is 1. The molecule has 0 atom stereocenters. The summed E-state index contributed by atoms with van der Waals surface area (Å²) in [6.07, 6.45) is 1.38. The second-order valence-corrected chi connectivity index (χ2v) is 6.08. The molecule has 0 N–H and O–H groups in total. The molecule has 0 aliphatic heterocycles. The van der Waals surface area contributed by atoms with Crippen molar-refractivity contribution in [1.29, 1.82) is 0 Å². The molecule has 0 unspecified atom stereocenters. The third-order valence-electron chi connectivity index (χ3n) is 2.10. The summed E-state index contributed by atoms with van der Waals surface area (Å²) < 4.78 is 27.7. The first kappa shape index (κ1) is 15.6. The molecule has 1 rings (SSSR count). The van der Waals surface area contributed by atoms with Crippen molar-refractivity contribution in [3.8, 4) is 0 Å². The number of carbonyl (C=O) groups excluding carboxylic acids is 1. The molecular weight excluding hydrogens is 323 g/mol. The van der Waals surface area contributed by atoms with Gasteiger partial charge in [0.1, 0.15) is 18.2 Å². The number of hydrogen-bond donors (Lipinski definition) is 0. The minimum absolute atomic E-state index is 0.0320. The third-order valence-corrected chi connectivity index (χ3v) is 4.61. The second-order valence-electron chi connectivity index (χ2n) is 3.46. The lowest BCUT2D eigenvalue weighted by molar-refractivity contribution is 0.102. The number of hydrogen-bond acceptors (Lipinski definition) is 5. The van der Waals surface area contributed by atoms with E-state index in [1.54, 1.807) is 19.9 Å². The topological polar surface area (TPSA) is 65.7 Å². The molecule has 1 aromatic rings. The number of ketones is 1. The van der Waals surface area contributed by atoms with Gasteiger partial charge in [-0.3, -0.25) is 9.36 Å². The third kappa shape index (κ3) is 4.35. The monoisotopic (exact) mass is 338 g/mol. The van der Waals surface area contributed by atoms with Gasteiger partial charge in [-0.05, 0) is 19.9 Å². The van der Waals surface area contributed by atoms with E-state index in [9.17, 15) is 9.36 Å². The van der Waals surface area contributed by atoms with Crippen molar-refractivity contribution in [2.75, 3.05) is 18.5 Å². The van der Waals surface area contributed by atoms with Crippen LogP contribution >= 0.6 is 23.5 Å². The van der Waals surface area contributed by atoms with Gasteiger partial charge in [-0.15, -0.1) is 0 Å². The molecule has 0 aliphatic rings. The zero-order chi connectivity index (χ0) is 13.6. The molecule has 7 heteroatoms. The van der Waals surface area contributed by atoms with Crippen LogP contribution in [0.25, 0.3) is 0 Å². The Hall–Kier alpha value is -0.420. The van der Waals surface area contributed by atoms with Crippen molar-refractivity contribution in [2.45, 2.75) is 20.0 Å². The average molecular weight is 339 g/mol. The van der Waals surface area contributed by atoms with Crippen molar-refractivity contribution >= 4 is 29.3 Å². The van der Waals surface area contributed by atoms with Crippen molar-refractivity contribution in [1.82, 2.24) is 0 Å². The number of furan rings is 1. The smallest absolute Gasteiger partial charge is 0.338 e. The van der Waals surface area contributed by atoms with Gasteiger partial charge in [-0.25, -0.2) is 0 Å². The maximum atomic E-state index is 12.2. The molecule has 18 heavy (non-hydrogen) atoms. The molecule has 0 radical (unpaired) electrons. The first-order chi connectivity index (χ1) is 8.54. The number of alkyl halides is 1. The van der Waals surface area contributed by atoms with Crippen LogP contribution in [0.5, 0.6) is 0 Å². The summed E-state index contributed by atoms with van der Waals surface area (Å²) in [6, 6.07) is 1.56. The predicted molar refractivity (Wildman–Crippen MR) is 71.4 cm³/mol. The van der Waals surface area contributed by atoms with E-state index in [1.807, 2.05) is 0 Å².